The summed E-state index contributed by atoms with van der Waals surface area (Å²) in [6.07, 6.45) is 1.20. The summed E-state index contributed by atoms with van der Waals surface area (Å²) >= 11 is 0. The zero-order valence-electron chi connectivity index (χ0n) is 10.6. The minimum atomic E-state index is -0.650. The van der Waals surface area contributed by atoms with Gasteiger partial charge in [-0.2, -0.15) is 5.10 Å². The molecule has 0 spiro atoms. The van der Waals surface area contributed by atoms with Gasteiger partial charge < -0.3 is 4.42 Å². The molecule has 7 heteroatoms. The first-order valence-corrected chi connectivity index (χ1v) is 5.70. The predicted molar refractivity (Wildman–Crippen MR) is 71.6 cm³/mol. The molecule has 0 saturated carbocycles. The fourth-order valence-electron chi connectivity index (χ4n) is 1.52. The molecule has 20 heavy (non-hydrogen) atoms. The number of nitro groups is 1. The van der Waals surface area contributed by atoms with Crippen LogP contribution in [0.4, 0.5) is 5.88 Å². The highest BCUT2D eigenvalue weighted by molar-refractivity contribution is 5.94. The van der Waals surface area contributed by atoms with Crippen LogP contribution < -0.4 is 5.43 Å². The molecule has 0 saturated heterocycles. The number of rotatable bonds is 4. The summed E-state index contributed by atoms with van der Waals surface area (Å²) in [5.41, 5.74) is 3.75. The van der Waals surface area contributed by atoms with E-state index < -0.39 is 4.92 Å². The van der Waals surface area contributed by atoms with Gasteiger partial charge in [-0.3, -0.25) is 14.9 Å². The van der Waals surface area contributed by atoms with Crippen molar-refractivity contribution in [3.05, 3.63) is 63.4 Å². The molecule has 1 N–H and O–H groups in total. The number of benzene rings is 1. The van der Waals surface area contributed by atoms with Crippen molar-refractivity contribution in [1.82, 2.24) is 5.43 Å². The highest BCUT2D eigenvalue weighted by Gasteiger charge is 2.10. The van der Waals surface area contributed by atoms with E-state index >= 15 is 0 Å². The Morgan fingerprint density at radius 2 is 2.20 bits per heavy atom. The van der Waals surface area contributed by atoms with E-state index in [-0.39, 0.29) is 17.6 Å². The van der Waals surface area contributed by atoms with E-state index in [0.29, 0.717) is 5.56 Å². The molecule has 0 radical (unpaired) electrons. The standard InChI is InChI=1S/C13H11N3O4/c1-9-3-2-4-10(7-9)13(17)15-14-8-11-5-6-12(20-11)16(18)19/h2-8H,1H3,(H,15,17). The van der Waals surface area contributed by atoms with E-state index in [2.05, 4.69) is 10.5 Å². The van der Waals surface area contributed by atoms with Crippen molar-refractivity contribution in [2.45, 2.75) is 6.92 Å². The molecule has 0 aliphatic carbocycles. The molecule has 0 aliphatic heterocycles. The van der Waals surface area contributed by atoms with E-state index in [4.69, 9.17) is 4.42 Å². The Labute approximate surface area is 114 Å². The molecule has 7 nitrogen and oxygen atoms in total. The highest BCUT2D eigenvalue weighted by Crippen LogP contribution is 2.13. The Hall–Kier alpha value is -2.96. The minimum absolute atomic E-state index is 0.182. The van der Waals surface area contributed by atoms with Crippen molar-refractivity contribution >= 4 is 18.0 Å². The number of hydrazone groups is 1. The van der Waals surface area contributed by atoms with Gasteiger partial charge in [-0.05, 0) is 25.1 Å². The second kappa shape index (κ2) is 5.79. The molecule has 0 fully saturated rings. The first-order chi connectivity index (χ1) is 9.56. The summed E-state index contributed by atoms with van der Waals surface area (Å²) in [6, 6.07) is 9.63. The van der Waals surface area contributed by atoms with Crippen LogP contribution >= 0.6 is 0 Å². The van der Waals surface area contributed by atoms with Crippen molar-refractivity contribution < 1.29 is 14.1 Å². The van der Waals surface area contributed by atoms with Crippen molar-refractivity contribution in [1.29, 1.82) is 0 Å². The van der Waals surface area contributed by atoms with Gasteiger partial charge in [0, 0.05) is 5.56 Å². The molecule has 2 aromatic rings. The van der Waals surface area contributed by atoms with Crippen molar-refractivity contribution in [3.63, 3.8) is 0 Å². The third-order valence-corrected chi connectivity index (χ3v) is 2.43. The Kier molecular flexibility index (Phi) is 3.90. The Morgan fingerprint density at radius 1 is 1.40 bits per heavy atom. The maximum atomic E-state index is 11.7. The van der Waals surface area contributed by atoms with Crippen LogP contribution in [0.1, 0.15) is 21.7 Å². The lowest BCUT2D eigenvalue weighted by atomic mass is 10.1. The molecule has 0 aliphatic rings. The normalized spacial score (nSPS) is 10.7. The first-order valence-electron chi connectivity index (χ1n) is 5.70. The lowest BCUT2D eigenvalue weighted by Crippen LogP contribution is -2.17. The lowest BCUT2D eigenvalue weighted by molar-refractivity contribution is -0.402. The number of nitrogens with one attached hydrogen (secondary N) is 1. The third kappa shape index (κ3) is 3.29. The maximum Gasteiger partial charge on any atom is 0.433 e. The van der Waals surface area contributed by atoms with Crippen LogP contribution in [0.2, 0.25) is 0 Å². The zero-order valence-corrected chi connectivity index (χ0v) is 10.6. The monoisotopic (exact) mass is 273 g/mol. The van der Waals surface area contributed by atoms with E-state index in [1.54, 1.807) is 18.2 Å². The van der Waals surface area contributed by atoms with Crippen molar-refractivity contribution in [3.8, 4) is 0 Å². The van der Waals surface area contributed by atoms with Crippen molar-refractivity contribution in [2.75, 3.05) is 0 Å². The fourth-order valence-corrected chi connectivity index (χ4v) is 1.52. The van der Waals surface area contributed by atoms with Crippen molar-refractivity contribution in [2.24, 2.45) is 5.10 Å². The van der Waals surface area contributed by atoms with Gasteiger partial charge in [0.05, 0.1) is 12.3 Å². The average molecular weight is 273 g/mol. The lowest BCUT2D eigenvalue weighted by Gasteiger charge is -2.00. The molecule has 2 rings (SSSR count). The second-order valence-electron chi connectivity index (χ2n) is 4.00. The number of carbonyl (C=O) groups is 1. The Balaban J connectivity index is 1.99. The second-order valence-corrected chi connectivity index (χ2v) is 4.00. The van der Waals surface area contributed by atoms with Crippen LogP contribution in [0.5, 0.6) is 0 Å². The zero-order chi connectivity index (χ0) is 14.5. The van der Waals surface area contributed by atoms with E-state index in [1.807, 2.05) is 13.0 Å². The van der Waals surface area contributed by atoms with Crippen LogP contribution in [0, 0.1) is 17.0 Å². The topological polar surface area (TPSA) is 97.7 Å². The average Bonchev–Trinajstić information content (AvgIpc) is 2.87. The summed E-state index contributed by atoms with van der Waals surface area (Å²) in [4.78, 5) is 21.5. The number of furan rings is 1. The van der Waals surface area contributed by atoms with Crippen LogP contribution in [0.3, 0.4) is 0 Å². The quantitative estimate of drug-likeness (QED) is 0.524. The first kappa shape index (κ1) is 13.5. The molecule has 0 atom stereocenters. The SMILES string of the molecule is Cc1cccc(C(=O)NN=Cc2ccc([N+](=O)[O-])o2)c1. The van der Waals surface area contributed by atoms with Crippen LogP contribution in [0.15, 0.2) is 45.9 Å². The molecule has 0 unspecified atom stereocenters. The highest BCUT2D eigenvalue weighted by atomic mass is 16.6. The van der Waals surface area contributed by atoms with E-state index in [9.17, 15) is 14.9 Å². The summed E-state index contributed by atoms with van der Waals surface area (Å²) in [5.74, 6) is -0.566. The summed E-state index contributed by atoms with van der Waals surface area (Å²) in [7, 11) is 0. The number of nitrogens with zero attached hydrogens (tertiary/aromatic N) is 2. The largest absolute Gasteiger partial charge is 0.433 e. The Bertz CT molecular complexity index is 676. The molecular formula is C13H11N3O4. The Morgan fingerprint density at radius 3 is 2.85 bits per heavy atom. The molecule has 1 amide bonds. The minimum Gasteiger partial charge on any atom is -0.400 e. The molecule has 1 aromatic carbocycles. The van der Waals surface area contributed by atoms with Gasteiger partial charge in [0.2, 0.25) is 0 Å². The summed E-state index contributed by atoms with van der Waals surface area (Å²) in [5, 5.41) is 14.1. The molecule has 1 heterocycles. The van der Waals surface area contributed by atoms with Gasteiger partial charge in [-0.25, -0.2) is 5.43 Å². The molecule has 0 bridgehead atoms. The van der Waals surface area contributed by atoms with Gasteiger partial charge in [0.25, 0.3) is 5.91 Å². The van der Waals surface area contributed by atoms with Gasteiger partial charge in [-0.15, -0.1) is 0 Å². The van der Waals surface area contributed by atoms with Crippen LogP contribution in [0.25, 0.3) is 0 Å². The van der Waals surface area contributed by atoms with Gasteiger partial charge in [0.15, 0.2) is 5.76 Å². The van der Waals surface area contributed by atoms with Gasteiger partial charge in [-0.1, -0.05) is 17.7 Å². The van der Waals surface area contributed by atoms with E-state index in [1.165, 1.54) is 18.3 Å². The third-order valence-electron chi connectivity index (χ3n) is 2.43. The molecule has 102 valence electrons. The van der Waals surface area contributed by atoms with E-state index in [0.717, 1.165) is 5.56 Å². The maximum absolute atomic E-state index is 11.7. The van der Waals surface area contributed by atoms with Gasteiger partial charge >= 0.3 is 5.88 Å². The fraction of sp³-hybridized carbons (Fsp3) is 0.0769. The number of carbonyl (C=O) groups excluding carboxylic acids is 1. The number of hydrogen-bond acceptors (Lipinski definition) is 5. The van der Waals surface area contributed by atoms with Gasteiger partial charge in [0.1, 0.15) is 4.92 Å². The van der Waals surface area contributed by atoms with Crippen LogP contribution in [-0.4, -0.2) is 17.0 Å². The molecular weight excluding hydrogens is 262 g/mol. The predicted octanol–water partition coefficient (Wildman–Crippen LogP) is 2.26. The number of hydrogen-bond donors (Lipinski definition) is 1. The molecule has 1 aromatic heterocycles. The summed E-state index contributed by atoms with van der Waals surface area (Å²) in [6.45, 7) is 1.88. The number of amides is 1. The van der Waals surface area contributed by atoms with Crippen LogP contribution in [-0.2, 0) is 0 Å². The summed E-state index contributed by atoms with van der Waals surface area (Å²) < 4.78 is 4.85. The number of aryl methyl sites for hydroxylation is 1. The smallest absolute Gasteiger partial charge is 0.400 e.